The van der Waals surface area contributed by atoms with E-state index >= 15 is 0 Å². The SMILES string of the molecule is COc1cc(C(=O)Nc2ccc3oc(=O)ccc3c2)ccc1Oc1ccc(Cl)cc1[N+](=O)[O-]. The van der Waals surface area contributed by atoms with E-state index in [0.717, 1.165) is 0 Å². The van der Waals surface area contributed by atoms with Gasteiger partial charge in [-0.1, -0.05) is 11.6 Å². The Hall–Kier alpha value is -4.37. The first kappa shape index (κ1) is 21.8. The molecule has 10 heteroatoms. The average Bonchev–Trinajstić information content (AvgIpc) is 2.80. The summed E-state index contributed by atoms with van der Waals surface area (Å²) in [6.45, 7) is 0. The van der Waals surface area contributed by atoms with Crippen LogP contribution in [0.1, 0.15) is 10.4 Å². The number of methoxy groups -OCH3 is 1. The number of rotatable bonds is 6. The molecule has 0 spiro atoms. The molecule has 3 aromatic carbocycles. The van der Waals surface area contributed by atoms with Crippen LogP contribution in [0.5, 0.6) is 17.2 Å². The number of ether oxygens (including phenoxy) is 2. The lowest BCUT2D eigenvalue weighted by Crippen LogP contribution is -2.12. The second-order valence-electron chi connectivity index (χ2n) is 6.80. The van der Waals surface area contributed by atoms with Gasteiger partial charge in [0.2, 0.25) is 5.75 Å². The van der Waals surface area contributed by atoms with Gasteiger partial charge >= 0.3 is 11.3 Å². The lowest BCUT2D eigenvalue weighted by Gasteiger charge is -2.12. The van der Waals surface area contributed by atoms with E-state index in [2.05, 4.69) is 5.32 Å². The quantitative estimate of drug-likeness (QED) is 0.229. The van der Waals surface area contributed by atoms with Crippen molar-refractivity contribution in [1.82, 2.24) is 0 Å². The first-order chi connectivity index (χ1) is 15.8. The summed E-state index contributed by atoms with van der Waals surface area (Å²) in [7, 11) is 1.39. The molecule has 166 valence electrons. The third-order valence-electron chi connectivity index (χ3n) is 4.64. The van der Waals surface area contributed by atoms with Gasteiger partial charge in [-0.05, 0) is 54.6 Å². The lowest BCUT2D eigenvalue weighted by molar-refractivity contribution is -0.385. The average molecular weight is 467 g/mol. The number of carbonyl (C=O) groups excluding carboxylic acids is 1. The third kappa shape index (κ3) is 4.78. The van der Waals surface area contributed by atoms with Crippen molar-refractivity contribution in [2.45, 2.75) is 0 Å². The summed E-state index contributed by atoms with van der Waals surface area (Å²) < 4.78 is 16.1. The second-order valence-corrected chi connectivity index (χ2v) is 7.23. The van der Waals surface area contributed by atoms with Gasteiger partial charge in [-0.15, -0.1) is 0 Å². The lowest BCUT2D eigenvalue weighted by atomic mass is 10.1. The van der Waals surface area contributed by atoms with E-state index in [0.29, 0.717) is 16.7 Å². The maximum Gasteiger partial charge on any atom is 0.336 e. The normalized spacial score (nSPS) is 10.6. The van der Waals surface area contributed by atoms with Crippen LogP contribution in [-0.2, 0) is 0 Å². The highest BCUT2D eigenvalue weighted by atomic mass is 35.5. The predicted molar refractivity (Wildman–Crippen MR) is 122 cm³/mol. The minimum atomic E-state index is -0.607. The minimum Gasteiger partial charge on any atom is -0.493 e. The van der Waals surface area contributed by atoms with E-state index in [-0.39, 0.29) is 33.5 Å². The van der Waals surface area contributed by atoms with Crippen LogP contribution in [0.15, 0.2) is 75.9 Å². The number of nitro benzene ring substituents is 1. The minimum absolute atomic E-state index is 0.0253. The van der Waals surface area contributed by atoms with Gasteiger partial charge in [0, 0.05) is 33.8 Å². The van der Waals surface area contributed by atoms with Gasteiger partial charge in [0.05, 0.1) is 12.0 Å². The maximum atomic E-state index is 12.7. The van der Waals surface area contributed by atoms with Crippen molar-refractivity contribution in [3.8, 4) is 17.2 Å². The van der Waals surface area contributed by atoms with Crippen LogP contribution in [0, 0.1) is 10.1 Å². The molecule has 4 rings (SSSR count). The van der Waals surface area contributed by atoms with E-state index < -0.39 is 16.5 Å². The molecule has 0 bridgehead atoms. The smallest absolute Gasteiger partial charge is 0.336 e. The van der Waals surface area contributed by atoms with Crippen LogP contribution in [0.4, 0.5) is 11.4 Å². The molecular formula is C23H15ClN2O7. The highest BCUT2D eigenvalue weighted by Gasteiger charge is 2.19. The van der Waals surface area contributed by atoms with Gasteiger partial charge in [-0.3, -0.25) is 14.9 Å². The molecule has 0 atom stereocenters. The van der Waals surface area contributed by atoms with E-state index in [1.165, 1.54) is 49.6 Å². The van der Waals surface area contributed by atoms with Gasteiger partial charge in [-0.25, -0.2) is 4.79 Å². The molecule has 4 aromatic rings. The number of hydrogen-bond acceptors (Lipinski definition) is 7. The zero-order valence-electron chi connectivity index (χ0n) is 17.0. The first-order valence-corrected chi connectivity index (χ1v) is 9.87. The zero-order valence-corrected chi connectivity index (χ0v) is 17.8. The van der Waals surface area contributed by atoms with Crippen LogP contribution in [0.3, 0.4) is 0 Å². The number of nitro groups is 1. The monoisotopic (exact) mass is 466 g/mol. The summed E-state index contributed by atoms with van der Waals surface area (Å²) in [5.41, 5.74) is 0.401. The molecule has 1 heterocycles. The molecule has 33 heavy (non-hydrogen) atoms. The van der Waals surface area contributed by atoms with Crippen molar-refractivity contribution < 1.29 is 23.6 Å². The van der Waals surface area contributed by atoms with E-state index in [9.17, 15) is 19.7 Å². The number of amides is 1. The standard InChI is InChI=1S/C23H15ClN2O7/c1-31-21-11-14(2-6-20(21)32-19-7-4-15(24)12-17(19)26(29)30)23(28)25-16-5-8-18-13(10-16)3-9-22(27)33-18/h2-12H,1H3,(H,25,28). The van der Waals surface area contributed by atoms with E-state index in [1.807, 2.05) is 0 Å². The number of nitrogens with one attached hydrogen (secondary N) is 1. The Morgan fingerprint density at radius 1 is 1.00 bits per heavy atom. The molecular weight excluding hydrogens is 452 g/mol. The first-order valence-electron chi connectivity index (χ1n) is 9.49. The van der Waals surface area contributed by atoms with Gasteiger partial charge < -0.3 is 19.2 Å². The number of halogens is 1. The predicted octanol–water partition coefficient (Wildman–Crippen LogP) is 5.41. The molecule has 9 nitrogen and oxygen atoms in total. The molecule has 0 aliphatic rings. The van der Waals surface area contributed by atoms with Crippen molar-refractivity contribution in [3.63, 3.8) is 0 Å². The topological polar surface area (TPSA) is 121 Å². The zero-order chi connectivity index (χ0) is 23.5. The molecule has 0 fully saturated rings. The second kappa shape index (κ2) is 9.01. The summed E-state index contributed by atoms with van der Waals surface area (Å²) in [5.74, 6) is -0.0656. The number of benzene rings is 3. The third-order valence-corrected chi connectivity index (χ3v) is 4.88. The molecule has 0 unspecified atom stereocenters. The summed E-state index contributed by atoms with van der Waals surface area (Å²) >= 11 is 5.84. The van der Waals surface area contributed by atoms with Crippen LogP contribution < -0.4 is 20.4 Å². The Labute approximate surface area is 191 Å². The fourth-order valence-corrected chi connectivity index (χ4v) is 3.25. The van der Waals surface area contributed by atoms with Crippen molar-refractivity contribution in [3.05, 3.63) is 97.9 Å². The molecule has 0 saturated carbocycles. The van der Waals surface area contributed by atoms with Crippen LogP contribution in [0.25, 0.3) is 11.0 Å². The van der Waals surface area contributed by atoms with Gasteiger partial charge in [-0.2, -0.15) is 0 Å². The van der Waals surface area contributed by atoms with Crippen LogP contribution in [-0.4, -0.2) is 17.9 Å². The molecule has 1 amide bonds. The Morgan fingerprint density at radius 2 is 1.79 bits per heavy atom. The van der Waals surface area contributed by atoms with Crippen molar-refractivity contribution in [2.24, 2.45) is 0 Å². The van der Waals surface area contributed by atoms with E-state index in [1.54, 1.807) is 24.3 Å². The number of fused-ring (bicyclic) bond motifs is 1. The van der Waals surface area contributed by atoms with Crippen LogP contribution >= 0.6 is 11.6 Å². The highest BCUT2D eigenvalue weighted by Crippen LogP contribution is 2.38. The summed E-state index contributed by atoms with van der Waals surface area (Å²) in [6.07, 6.45) is 0. The van der Waals surface area contributed by atoms with Crippen molar-refractivity contribution >= 4 is 39.9 Å². The van der Waals surface area contributed by atoms with Crippen molar-refractivity contribution in [1.29, 1.82) is 0 Å². The Balaban J connectivity index is 1.58. The fraction of sp³-hybridized carbons (Fsp3) is 0.0435. The fourth-order valence-electron chi connectivity index (χ4n) is 3.08. The Bertz CT molecular complexity index is 1450. The van der Waals surface area contributed by atoms with E-state index in [4.69, 9.17) is 25.5 Å². The number of carbonyl (C=O) groups is 1. The van der Waals surface area contributed by atoms with Gasteiger partial charge in [0.1, 0.15) is 5.58 Å². The summed E-state index contributed by atoms with van der Waals surface area (Å²) in [4.78, 5) is 34.7. The number of hydrogen-bond donors (Lipinski definition) is 1. The Kier molecular flexibility index (Phi) is 5.97. The maximum absolute atomic E-state index is 12.7. The highest BCUT2D eigenvalue weighted by molar-refractivity contribution is 6.30. The number of anilines is 1. The number of nitrogens with zero attached hydrogens (tertiary/aromatic N) is 1. The largest absolute Gasteiger partial charge is 0.493 e. The van der Waals surface area contributed by atoms with Crippen LogP contribution in [0.2, 0.25) is 5.02 Å². The van der Waals surface area contributed by atoms with Gasteiger partial charge in [0.25, 0.3) is 5.91 Å². The molecule has 0 saturated heterocycles. The summed E-state index contributed by atoms with van der Waals surface area (Å²) in [6, 6.07) is 16.2. The molecule has 1 N–H and O–H groups in total. The Morgan fingerprint density at radius 3 is 2.55 bits per heavy atom. The molecule has 0 aliphatic heterocycles. The van der Waals surface area contributed by atoms with Gasteiger partial charge in [0.15, 0.2) is 11.5 Å². The van der Waals surface area contributed by atoms with Crippen molar-refractivity contribution in [2.75, 3.05) is 12.4 Å². The molecule has 0 radical (unpaired) electrons. The molecule has 1 aromatic heterocycles. The molecule has 0 aliphatic carbocycles. The summed E-state index contributed by atoms with van der Waals surface area (Å²) in [5, 5.41) is 14.9.